The maximum absolute atomic E-state index is 9.29. The summed E-state index contributed by atoms with van der Waals surface area (Å²) in [6.45, 7) is 2.71. The van der Waals surface area contributed by atoms with Crippen molar-refractivity contribution in [1.29, 1.82) is 0 Å². The van der Waals surface area contributed by atoms with Crippen LogP contribution in [0.25, 0.3) is 0 Å². The normalized spacial score (nSPS) is 7.16. The molecule has 0 fully saturated rings. The Kier molecular flexibility index (Phi) is 35.5. The summed E-state index contributed by atoms with van der Waals surface area (Å²) in [4.78, 5) is 27.8. The van der Waals surface area contributed by atoms with Crippen molar-refractivity contribution in [3.05, 3.63) is 12.7 Å². The van der Waals surface area contributed by atoms with Gasteiger partial charge in [0.1, 0.15) is 0 Å². The highest BCUT2D eigenvalue weighted by Crippen LogP contribution is 1.66. The van der Waals surface area contributed by atoms with Gasteiger partial charge in [0.15, 0.2) is 0 Å². The Morgan fingerprint density at radius 2 is 1.05 bits per heavy atom. The van der Waals surface area contributed by atoms with Gasteiger partial charge in [0.25, 0.3) is 0 Å². The van der Waals surface area contributed by atoms with Crippen LogP contribution in [-0.2, 0) is 14.4 Å². The second kappa shape index (κ2) is 25.6. The number of thiol groups is 2. The molecule has 0 heterocycles. The fourth-order valence-electron chi connectivity index (χ4n) is 0. The van der Waals surface area contributed by atoms with E-state index in [4.69, 9.17) is 25.5 Å². The van der Waals surface area contributed by atoms with Gasteiger partial charge >= 0.3 is 17.9 Å². The molecule has 0 aromatic rings. The molecule has 19 heavy (non-hydrogen) atoms. The van der Waals surface area contributed by atoms with E-state index in [-0.39, 0.29) is 24.7 Å². The Morgan fingerprint density at radius 3 is 1.05 bits per heavy atom. The predicted molar refractivity (Wildman–Crippen MR) is 75.0 cm³/mol. The van der Waals surface area contributed by atoms with Gasteiger partial charge in [0.05, 0.1) is 24.7 Å². The van der Waals surface area contributed by atoms with Gasteiger partial charge in [-0.2, -0.15) is 25.3 Å². The van der Waals surface area contributed by atoms with Crippen LogP contribution >= 0.6 is 25.3 Å². The Labute approximate surface area is 121 Å². The maximum Gasteiger partial charge on any atom is 0.327 e. The third-order valence-electron chi connectivity index (χ3n) is 0.545. The number of carboxylic acids is 3. The van der Waals surface area contributed by atoms with Crippen LogP contribution < -0.4 is 0 Å². The molecule has 114 valence electrons. The molecule has 0 aromatic carbocycles. The average molecular weight is 318 g/mol. The SMILES string of the molecule is C=CC(=O)O.O=C(O)CS.O=C(O)CS.OCCO. The topological polar surface area (TPSA) is 152 Å². The largest absolute Gasteiger partial charge is 0.481 e. The molecule has 0 aliphatic heterocycles. The van der Waals surface area contributed by atoms with E-state index >= 15 is 0 Å². The molecule has 5 N–H and O–H groups in total. The lowest BCUT2D eigenvalue weighted by molar-refractivity contribution is -0.134. The lowest BCUT2D eigenvalue weighted by Crippen LogP contribution is -1.92. The van der Waals surface area contributed by atoms with Crippen molar-refractivity contribution in [2.75, 3.05) is 24.7 Å². The first kappa shape index (κ1) is 26.4. The minimum absolute atomic E-state index is 0.0833. The number of hydrogen-bond acceptors (Lipinski definition) is 7. The average Bonchev–Trinajstić information content (AvgIpc) is 2.40. The van der Waals surface area contributed by atoms with Gasteiger partial charge in [-0.3, -0.25) is 9.59 Å². The van der Waals surface area contributed by atoms with Gasteiger partial charge < -0.3 is 25.5 Å². The molecule has 0 bridgehead atoms. The van der Waals surface area contributed by atoms with Gasteiger partial charge in [0.2, 0.25) is 0 Å². The van der Waals surface area contributed by atoms with Crippen molar-refractivity contribution in [3.8, 4) is 0 Å². The van der Waals surface area contributed by atoms with Crippen molar-refractivity contribution >= 4 is 43.2 Å². The number of carboxylic acid groups (broad SMARTS) is 3. The molecule has 0 atom stereocenters. The van der Waals surface area contributed by atoms with Crippen LogP contribution in [0.15, 0.2) is 12.7 Å². The zero-order chi connectivity index (χ0) is 16.3. The van der Waals surface area contributed by atoms with Crippen LogP contribution in [0.1, 0.15) is 0 Å². The van der Waals surface area contributed by atoms with Gasteiger partial charge in [-0.1, -0.05) is 6.58 Å². The van der Waals surface area contributed by atoms with Crippen molar-refractivity contribution in [2.45, 2.75) is 0 Å². The summed E-state index contributed by atoms with van der Waals surface area (Å²) in [5.41, 5.74) is 0. The van der Waals surface area contributed by atoms with E-state index in [9.17, 15) is 14.4 Å². The van der Waals surface area contributed by atoms with Gasteiger partial charge in [0, 0.05) is 6.08 Å². The lowest BCUT2D eigenvalue weighted by atomic mass is 10.7. The molecule has 8 nitrogen and oxygen atoms in total. The summed E-state index contributed by atoms with van der Waals surface area (Å²) in [5.74, 6) is -2.91. The first-order chi connectivity index (χ1) is 8.72. The molecular formula is C9H18O8S2. The molecule has 0 saturated heterocycles. The van der Waals surface area contributed by atoms with E-state index in [0.717, 1.165) is 6.08 Å². The maximum atomic E-state index is 9.29. The molecular weight excluding hydrogens is 300 g/mol. The fourth-order valence-corrected chi connectivity index (χ4v) is 0. The van der Waals surface area contributed by atoms with Crippen molar-refractivity contribution in [3.63, 3.8) is 0 Å². The zero-order valence-electron chi connectivity index (χ0n) is 9.97. The number of rotatable bonds is 4. The van der Waals surface area contributed by atoms with Crippen molar-refractivity contribution in [2.24, 2.45) is 0 Å². The third kappa shape index (κ3) is 110. The van der Waals surface area contributed by atoms with E-state index in [1.807, 2.05) is 0 Å². The van der Waals surface area contributed by atoms with Crippen molar-refractivity contribution < 1.29 is 39.9 Å². The highest BCUT2D eigenvalue weighted by Gasteiger charge is 1.82. The summed E-state index contributed by atoms with van der Waals surface area (Å²) in [6, 6.07) is 0. The Balaban J connectivity index is -0.0000000793. The lowest BCUT2D eigenvalue weighted by Gasteiger charge is -1.71. The van der Waals surface area contributed by atoms with E-state index < -0.39 is 17.9 Å². The smallest absolute Gasteiger partial charge is 0.327 e. The van der Waals surface area contributed by atoms with Crippen molar-refractivity contribution in [1.82, 2.24) is 0 Å². The second-order valence-electron chi connectivity index (χ2n) is 2.09. The molecule has 0 aliphatic carbocycles. The van der Waals surface area contributed by atoms with E-state index in [1.165, 1.54) is 0 Å². The molecule has 0 aromatic heterocycles. The molecule has 0 radical (unpaired) electrons. The van der Waals surface area contributed by atoms with Gasteiger partial charge in [-0.05, 0) is 0 Å². The summed E-state index contributed by atoms with van der Waals surface area (Å²) in [6.07, 6.45) is 0.833. The van der Waals surface area contributed by atoms with Gasteiger partial charge in [-0.15, -0.1) is 0 Å². The second-order valence-corrected chi connectivity index (χ2v) is 2.73. The van der Waals surface area contributed by atoms with E-state index in [2.05, 4.69) is 31.8 Å². The van der Waals surface area contributed by atoms with Gasteiger partial charge in [-0.25, -0.2) is 4.79 Å². The minimum Gasteiger partial charge on any atom is -0.481 e. The number of hydrogen-bond donors (Lipinski definition) is 7. The molecule has 0 amide bonds. The number of aliphatic hydroxyl groups is 2. The first-order valence-corrected chi connectivity index (χ1v) is 5.72. The highest BCUT2D eigenvalue weighted by atomic mass is 32.1. The fraction of sp³-hybridized carbons (Fsp3) is 0.444. The molecule has 0 saturated carbocycles. The Hall–Kier alpha value is -1.23. The molecule has 0 spiro atoms. The summed E-state index contributed by atoms with van der Waals surface area (Å²) < 4.78 is 0. The highest BCUT2D eigenvalue weighted by molar-refractivity contribution is 7.81. The minimum atomic E-state index is -0.981. The van der Waals surface area contributed by atoms with Crippen LogP contribution in [0.4, 0.5) is 0 Å². The van der Waals surface area contributed by atoms with Crippen LogP contribution in [0, 0.1) is 0 Å². The Morgan fingerprint density at radius 1 is 0.895 bits per heavy atom. The summed E-state index contributed by atoms with van der Waals surface area (Å²) in [5, 5.41) is 38.1. The third-order valence-corrected chi connectivity index (χ3v) is 1.09. The van der Waals surface area contributed by atoms with E-state index in [1.54, 1.807) is 0 Å². The summed E-state index contributed by atoms with van der Waals surface area (Å²) >= 11 is 6.83. The van der Waals surface area contributed by atoms with E-state index in [0.29, 0.717) is 0 Å². The quantitative estimate of drug-likeness (QED) is 0.263. The first-order valence-electron chi connectivity index (χ1n) is 4.45. The summed E-state index contributed by atoms with van der Waals surface area (Å²) in [7, 11) is 0. The van der Waals surface area contributed by atoms with Crippen LogP contribution in [0.3, 0.4) is 0 Å². The molecule has 0 aliphatic rings. The zero-order valence-corrected chi connectivity index (χ0v) is 11.8. The van der Waals surface area contributed by atoms with Crippen LogP contribution in [0.5, 0.6) is 0 Å². The number of carbonyl (C=O) groups is 3. The standard InChI is InChI=1S/C3H4O2.2C2H4O2S.C2H6O2/c1-2-3(4)5;2*3-2(4)1-5;3-1-2-4/h2H,1H2,(H,4,5);2*5H,1H2,(H,3,4);3-4H,1-2H2. The molecule has 0 rings (SSSR count). The molecule has 10 heteroatoms. The number of aliphatic hydroxyl groups excluding tert-OH is 2. The Bertz CT molecular complexity index is 228. The van der Waals surface area contributed by atoms with Crippen LogP contribution in [-0.4, -0.2) is 68.2 Å². The molecule has 0 unspecified atom stereocenters. The predicted octanol–water partition coefficient (Wildman–Crippen LogP) is -0.770. The van der Waals surface area contributed by atoms with Crippen LogP contribution in [0.2, 0.25) is 0 Å². The monoisotopic (exact) mass is 318 g/mol. The number of aliphatic carboxylic acids is 3.